The molecule has 4 rings (SSSR count). The third-order valence-corrected chi connectivity index (χ3v) is 5.87. The highest BCUT2D eigenvalue weighted by Crippen LogP contribution is 2.30. The number of hydrogen-bond donors (Lipinski definition) is 0. The summed E-state index contributed by atoms with van der Waals surface area (Å²) < 4.78 is 0. The van der Waals surface area contributed by atoms with Crippen molar-refractivity contribution >= 4 is 28.4 Å². The predicted octanol–water partition coefficient (Wildman–Crippen LogP) is 4.04. The number of rotatable bonds is 3. The molecule has 0 radical (unpaired) electrons. The molecule has 0 spiro atoms. The van der Waals surface area contributed by atoms with Crippen LogP contribution in [0.2, 0.25) is 5.02 Å². The molecule has 0 N–H and O–H groups in total. The molecule has 1 aliphatic heterocycles. The first kappa shape index (κ1) is 18.8. The molecule has 1 fully saturated rings. The molecule has 2 aromatic heterocycles. The zero-order chi connectivity index (χ0) is 19.7. The Morgan fingerprint density at radius 2 is 1.96 bits per heavy atom. The number of benzene rings is 1. The number of piperazine rings is 1. The van der Waals surface area contributed by atoms with Gasteiger partial charge in [0.15, 0.2) is 0 Å². The molecule has 1 aromatic carbocycles. The summed E-state index contributed by atoms with van der Waals surface area (Å²) in [5.74, 6) is 0.0509. The van der Waals surface area contributed by atoms with Crippen LogP contribution < -0.4 is 0 Å². The second-order valence-electron chi connectivity index (χ2n) is 7.09. The average Bonchev–Trinajstić information content (AvgIpc) is 2.76. The summed E-state index contributed by atoms with van der Waals surface area (Å²) in [6, 6.07) is 9.46. The van der Waals surface area contributed by atoms with Crippen molar-refractivity contribution in [3.05, 3.63) is 58.9 Å². The molecule has 1 aliphatic rings. The molecule has 0 bridgehead atoms. The van der Waals surface area contributed by atoms with E-state index < -0.39 is 0 Å². The zero-order valence-corrected chi connectivity index (χ0v) is 16.9. The second kappa shape index (κ2) is 7.86. The number of pyridine rings is 2. The fraction of sp³-hybridized carbons (Fsp3) is 0.318. The number of aromatic nitrogens is 2. The summed E-state index contributed by atoms with van der Waals surface area (Å²) >= 11 is 6.35. The summed E-state index contributed by atoms with van der Waals surface area (Å²) in [5.41, 5.74) is 3.95. The monoisotopic (exact) mass is 394 g/mol. The van der Waals surface area contributed by atoms with Gasteiger partial charge in [0, 0.05) is 54.5 Å². The minimum atomic E-state index is 0.0509. The fourth-order valence-electron chi connectivity index (χ4n) is 3.68. The number of amides is 1. The van der Waals surface area contributed by atoms with Crippen molar-refractivity contribution in [1.82, 2.24) is 19.8 Å². The Balaban J connectivity index is 1.82. The number of fused-ring (bicyclic) bond motifs is 1. The molecular formula is C22H23ClN4O. The largest absolute Gasteiger partial charge is 0.336 e. The van der Waals surface area contributed by atoms with Crippen molar-refractivity contribution in [1.29, 1.82) is 0 Å². The zero-order valence-electron chi connectivity index (χ0n) is 16.2. The lowest BCUT2D eigenvalue weighted by molar-refractivity contribution is 0.0645. The van der Waals surface area contributed by atoms with Gasteiger partial charge >= 0.3 is 0 Å². The van der Waals surface area contributed by atoms with Crippen molar-refractivity contribution in [2.45, 2.75) is 13.8 Å². The minimum Gasteiger partial charge on any atom is -0.336 e. The predicted molar refractivity (Wildman–Crippen MR) is 113 cm³/mol. The molecule has 1 saturated heterocycles. The molecule has 5 nitrogen and oxygen atoms in total. The summed E-state index contributed by atoms with van der Waals surface area (Å²) in [5, 5.41) is 1.50. The quantitative estimate of drug-likeness (QED) is 0.672. The van der Waals surface area contributed by atoms with Gasteiger partial charge in [-0.05, 0) is 43.3 Å². The summed E-state index contributed by atoms with van der Waals surface area (Å²) in [6.07, 6.45) is 3.49. The molecule has 1 amide bonds. The van der Waals surface area contributed by atoms with Crippen molar-refractivity contribution in [2.24, 2.45) is 0 Å². The fourth-order valence-corrected chi connectivity index (χ4v) is 3.83. The van der Waals surface area contributed by atoms with Crippen molar-refractivity contribution in [3.63, 3.8) is 0 Å². The third-order valence-electron chi connectivity index (χ3n) is 5.46. The highest BCUT2D eigenvalue weighted by Gasteiger charge is 2.24. The first-order valence-corrected chi connectivity index (χ1v) is 9.98. The molecule has 3 aromatic rings. The Labute approximate surface area is 170 Å². The van der Waals surface area contributed by atoms with Gasteiger partial charge in [0.2, 0.25) is 0 Å². The van der Waals surface area contributed by atoms with E-state index in [2.05, 4.69) is 16.8 Å². The van der Waals surface area contributed by atoms with Gasteiger partial charge in [0.25, 0.3) is 5.91 Å². The van der Waals surface area contributed by atoms with Crippen molar-refractivity contribution < 1.29 is 4.79 Å². The molecule has 0 unspecified atom stereocenters. The van der Waals surface area contributed by atoms with Crippen molar-refractivity contribution in [3.8, 4) is 11.3 Å². The van der Waals surface area contributed by atoms with Crippen LogP contribution in [-0.4, -0.2) is 58.4 Å². The number of nitrogens with zero attached hydrogens (tertiary/aromatic N) is 4. The van der Waals surface area contributed by atoms with Gasteiger partial charge in [-0.15, -0.1) is 0 Å². The smallest absolute Gasteiger partial charge is 0.254 e. The standard InChI is InChI=1S/C22H23ClN4O/c1-3-26-9-11-27(12-10-26)22(28)18-13-20(16-5-4-8-24-14-16)25-21-15(2)19(23)7-6-17(18)21/h4-8,13-14H,3,9-12H2,1-2H3. The number of halogens is 1. The van der Waals surface area contributed by atoms with Gasteiger partial charge in [-0.2, -0.15) is 0 Å². The minimum absolute atomic E-state index is 0.0509. The van der Waals surface area contributed by atoms with Crippen LogP contribution >= 0.6 is 11.6 Å². The molecule has 28 heavy (non-hydrogen) atoms. The number of aryl methyl sites for hydroxylation is 1. The average molecular weight is 395 g/mol. The van der Waals surface area contributed by atoms with Gasteiger partial charge in [-0.25, -0.2) is 4.98 Å². The number of likely N-dealkylation sites (N-methyl/N-ethyl adjacent to an activating group) is 1. The van der Waals surface area contributed by atoms with E-state index in [1.54, 1.807) is 12.4 Å². The molecule has 3 heterocycles. The third kappa shape index (κ3) is 3.48. The Kier molecular flexibility index (Phi) is 5.29. The topological polar surface area (TPSA) is 49.3 Å². The SMILES string of the molecule is CCN1CCN(C(=O)c2cc(-c3cccnc3)nc3c(C)c(Cl)ccc23)CC1. The van der Waals surface area contributed by atoms with E-state index in [9.17, 15) is 4.79 Å². The lowest BCUT2D eigenvalue weighted by atomic mass is 10.0. The van der Waals surface area contributed by atoms with Crippen LogP contribution in [0.15, 0.2) is 42.7 Å². The van der Waals surface area contributed by atoms with Crippen LogP contribution in [0.4, 0.5) is 0 Å². The molecule has 6 heteroatoms. The van der Waals surface area contributed by atoms with E-state index >= 15 is 0 Å². The molecular weight excluding hydrogens is 372 g/mol. The highest BCUT2D eigenvalue weighted by molar-refractivity contribution is 6.32. The summed E-state index contributed by atoms with van der Waals surface area (Å²) in [6.45, 7) is 8.41. The first-order valence-electron chi connectivity index (χ1n) is 9.60. The lowest BCUT2D eigenvalue weighted by Crippen LogP contribution is -2.48. The Morgan fingerprint density at radius 1 is 1.18 bits per heavy atom. The second-order valence-corrected chi connectivity index (χ2v) is 7.50. The first-order chi connectivity index (χ1) is 13.6. The van der Waals surface area contributed by atoms with Crippen LogP contribution in [0.3, 0.4) is 0 Å². The number of carbonyl (C=O) groups excluding carboxylic acids is 1. The van der Waals surface area contributed by atoms with Gasteiger partial charge in [0.05, 0.1) is 16.8 Å². The number of carbonyl (C=O) groups is 1. The van der Waals surface area contributed by atoms with Gasteiger partial charge in [-0.1, -0.05) is 24.6 Å². The van der Waals surface area contributed by atoms with Crippen molar-refractivity contribution in [2.75, 3.05) is 32.7 Å². The van der Waals surface area contributed by atoms with E-state index in [0.717, 1.165) is 60.4 Å². The van der Waals surface area contributed by atoms with E-state index in [4.69, 9.17) is 16.6 Å². The van der Waals surface area contributed by atoms with Crippen LogP contribution in [-0.2, 0) is 0 Å². The van der Waals surface area contributed by atoms with E-state index in [-0.39, 0.29) is 5.91 Å². The van der Waals surface area contributed by atoms with Crippen LogP contribution in [0, 0.1) is 6.92 Å². The van der Waals surface area contributed by atoms with E-state index in [0.29, 0.717) is 10.6 Å². The van der Waals surface area contributed by atoms with E-state index in [1.165, 1.54) is 0 Å². The summed E-state index contributed by atoms with van der Waals surface area (Å²) in [4.78, 5) is 26.7. The van der Waals surface area contributed by atoms with Crippen LogP contribution in [0.5, 0.6) is 0 Å². The lowest BCUT2D eigenvalue weighted by Gasteiger charge is -2.34. The van der Waals surface area contributed by atoms with Crippen LogP contribution in [0.25, 0.3) is 22.2 Å². The Morgan fingerprint density at radius 3 is 2.64 bits per heavy atom. The normalized spacial score (nSPS) is 15.2. The maximum absolute atomic E-state index is 13.4. The van der Waals surface area contributed by atoms with Crippen LogP contribution in [0.1, 0.15) is 22.8 Å². The maximum Gasteiger partial charge on any atom is 0.254 e. The Bertz CT molecular complexity index is 1010. The van der Waals surface area contributed by atoms with Gasteiger partial charge < -0.3 is 9.80 Å². The molecule has 0 aliphatic carbocycles. The Hall–Kier alpha value is -2.50. The maximum atomic E-state index is 13.4. The number of hydrogen-bond acceptors (Lipinski definition) is 4. The van der Waals surface area contributed by atoms with Gasteiger partial charge in [-0.3, -0.25) is 9.78 Å². The molecule has 144 valence electrons. The highest BCUT2D eigenvalue weighted by atomic mass is 35.5. The summed E-state index contributed by atoms with van der Waals surface area (Å²) in [7, 11) is 0. The van der Waals surface area contributed by atoms with Gasteiger partial charge in [0.1, 0.15) is 0 Å². The molecule has 0 atom stereocenters. The molecule has 0 saturated carbocycles. The van der Waals surface area contributed by atoms with E-state index in [1.807, 2.05) is 42.2 Å².